The van der Waals surface area contributed by atoms with Crippen LogP contribution in [0.15, 0.2) is 42.7 Å². The second kappa shape index (κ2) is 7.49. The smallest absolute Gasteiger partial charge is 0.317 e. The molecule has 1 aromatic heterocycles. The quantitative estimate of drug-likeness (QED) is 0.934. The van der Waals surface area contributed by atoms with Gasteiger partial charge >= 0.3 is 6.03 Å². The van der Waals surface area contributed by atoms with Gasteiger partial charge in [0.15, 0.2) is 0 Å². The van der Waals surface area contributed by atoms with E-state index < -0.39 is 0 Å². The Kier molecular flexibility index (Phi) is 5.15. The Morgan fingerprint density at radius 3 is 2.75 bits per heavy atom. The van der Waals surface area contributed by atoms with E-state index in [2.05, 4.69) is 22.1 Å². The molecule has 0 unspecified atom stereocenters. The first-order chi connectivity index (χ1) is 11.7. The Labute approximate surface area is 143 Å². The fraction of sp³-hybridized carbons (Fsp3) is 0.444. The summed E-state index contributed by atoms with van der Waals surface area (Å²) >= 11 is 0. The lowest BCUT2D eigenvalue weighted by Crippen LogP contribution is -2.53. The van der Waals surface area contributed by atoms with Crippen LogP contribution in [0.5, 0.6) is 0 Å². The van der Waals surface area contributed by atoms with Gasteiger partial charge in [-0.25, -0.2) is 9.78 Å². The number of aryl methyl sites for hydroxylation is 1. The summed E-state index contributed by atoms with van der Waals surface area (Å²) in [7, 11) is 2.00. The number of aromatic nitrogens is 2. The largest absolute Gasteiger partial charge is 0.337 e. The maximum Gasteiger partial charge on any atom is 0.317 e. The van der Waals surface area contributed by atoms with Gasteiger partial charge in [-0.05, 0) is 12.1 Å². The molecule has 2 amide bonds. The number of nitrogens with one attached hydrogen (secondary N) is 1. The van der Waals surface area contributed by atoms with E-state index in [1.165, 1.54) is 0 Å². The summed E-state index contributed by atoms with van der Waals surface area (Å²) in [6, 6.07) is 10.1. The second-order valence-corrected chi connectivity index (χ2v) is 6.13. The van der Waals surface area contributed by atoms with Gasteiger partial charge in [0, 0.05) is 45.6 Å². The zero-order valence-corrected chi connectivity index (χ0v) is 14.4. The Morgan fingerprint density at radius 2 is 2.08 bits per heavy atom. The van der Waals surface area contributed by atoms with Gasteiger partial charge in [0.1, 0.15) is 5.82 Å². The van der Waals surface area contributed by atoms with Crippen molar-refractivity contribution >= 4 is 6.03 Å². The highest BCUT2D eigenvalue weighted by Crippen LogP contribution is 2.23. The molecule has 1 aromatic carbocycles. The zero-order valence-electron chi connectivity index (χ0n) is 14.4. The van der Waals surface area contributed by atoms with Gasteiger partial charge < -0.3 is 14.8 Å². The fourth-order valence-corrected chi connectivity index (χ4v) is 3.21. The number of nitrogens with zero attached hydrogens (tertiary/aromatic N) is 4. The van der Waals surface area contributed by atoms with E-state index in [1.807, 2.05) is 59.2 Å². The van der Waals surface area contributed by atoms with Crippen molar-refractivity contribution < 1.29 is 4.79 Å². The van der Waals surface area contributed by atoms with E-state index in [9.17, 15) is 4.79 Å². The zero-order chi connectivity index (χ0) is 16.9. The summed E-state index contributed by atoms with van der Waals surface area (Å²) in [5, 5.41) is 3.02. The number of benzene rings is 1. The Morgan fingerprint density at radius 1 is 1.29 bits per heavy atom. The van der Waals surface area contributed by atoms with Crippen LogP contribution in [0.2, 0.25) is 0 Å². The van der Waals surface area contributed by atoms with E-state index >= 15 is 0 Å². The molecule has 0 radical (unpaired) electrons. The highest BCUT2D eigenvalue weighted by Gasteiger charge is 2.31. The van der Waals surface area contributed by atoms with Crippen molar-refractivity contribution in [2.24, 2.45) is 7.05 Å². The predicted molar refractivity (Wildman–Crippen MR) is 93.4 cm³/mol. The molecule has 6 heteroatoms. The van der Waals surface area contributed by atoms with Gasteiger partial charge in [0.05, 0.1) is 6.04 Å². The van der Waals surface area contributed by atoms with Crippen molar-refractivity contribution in [2.75, 3.05) is 26.2 Å². The Hall–Kier alpha value is -2.34. The summed E-state index contributed by atoms with van der Waals surface area (Å²) in [5.74, 6) is 1.01. The normalized spacial score (nSPS) is 18.6. The van der Waals surface area contributed by atoms with Crippen LogP contribution >= 0.6 is 0 Å². The molecule has 0 saturated carbocycles. The first-order valence-electron chi connectivity index (χ1n) is 8.47. The van der Waals surface area contributed by atoms with Crippen LogP contribution in [-0.2, 0) is 13.6 Å². The van der Waals surface area contributed by atoms with Crippen molar-refractivity contribution in [2.45, 2.75) is 19.5 Å². The standard InChI is InChI=1S/C18H25N5O/c1-3-22-11-12-23(14-16(22)17-19-9-10-21(17)2)18(24)20-13-15-7-5-4-6-8-15/h4-10,16H,3,11-14H2,1-2H3,(H,20,24)/t16-/m0/s1. The fourth-order valence-electron chi connectivity index (χ4n) is 3.21. The highest BCUT2D eigenvalue weighted by atomic mass is 16.2. The molecule has 0 spiro atoms. The molecule has 1 aliphatic rings. The van der Waals surface area contributed by atoms with E-state index in [4.69, 9.17) is 0 Å². The van der Waals surface area contributed by atoms with Crippen molar-refractivity contribution in [3.05, 3.63) is 54.1 Å². The van der Waals surface area contributed by atoms with Gasteiger partial charge in [-0.2, -0.15) is 0 Å². The number of carbonyl (C=O) groups excluding carboxylic acids is 1. The van der Waals surface area contributed by atoms with Crippen molar-refractivity contribution in [1.29, 1.82) is 0 Å². The lowest BCUT2D eigenvalue weighted by Gasteiger charge is -2.40. The number of amides is 2. The first-order valence-corrected chi connectivity index (χ1v) is 8.47. The van der Waals surface area contributed by atoms with Gasteiger partial charge in [-0.1, -0.05) is 37.3 Å². The molecule has 128 valence electrons. The van der Waals surface area contributed by atoms with Gasteiger partial charge in [-0.3, -0.25) is 4.90 Å². The number of rotatable bonds is 4. The maximum atomic E-state index is 12.5. The predicted octanol–water partition coefficient (Wildman–Crippen LogP) is 2.01. The molecule has 2 heterocycles. The molecule has 0 bridgehead atoms. The van der Waals surface area contributed by atoms with Gasteiger partial charge in [-0.15, -0.1) is 0 Å². The monoisotopic (exact) mass is 327 g/mol. The number of piperazine rings is 1. The molecule has 1 N–H and O–H groups in total. The van der Waals surface area contributed by atoms with Crippen molar-refractivity contribution in [1.82, 2.24) is 24.7 Å². The molecule has 6 nitrogen and oxygen atoms in total. The van der Waals surface area contributed by atoms with E-state index in [0.717, 1.165) is 31.0 Å². The van der Waals surface area contributed by atoms with E-state index in [-0.39, 0.29) is 12.1 Å². The topological polar surface area (TPSA) is 53.4 Å². The van der Waals surface area contributed by atoms with Crippen molar-refractivity contribution in [3.8, 4) is 0 Å². The van der Waals surface area contributed by atoms with Crippen LogP contribution in [0.1, 0.15) is 24.4 Å². The molecule has 1 aliphatic heterocycles. The average molecular weight is 327 g/mol. The summed E-state index contributed by atoms with van der Waals surface area (Å²) in [6.45, 7) is 5.94. The van der Waals surface area contributed by atoms with Crippen LogP contribution in [0, 0.1) is 0 Å². The maximum absolute atomic E-state index is 12.5. The minimum Gasteiger partial charge on any atom is -0.337 e. The lowest BCUT2D eigenvalue weighted by molar-refractivity contribution is 0.0878. The second-order valence-electron chi connectivity index (χ2n) is 6.13. The number of urea groups is 1. The SMILES string of the molecule is CCN1CCN(C(=O)NCc2ccccc2)C[C@H]1c1nccn1C. The van der Waals surface area contributed by atoms with Crippen LogP contribution in [-0.4, -0.2) is 51.6 Å². The number of imidazole rings is 1. The molecule has 0 aliphatic carbocycles. The van der Waals surface area contributed by atoms with Crippen LogP contribution in [0.4, 0.5) is 4.79 Å². The van der Waals surface area contributed by atoms with Gasteiger partial charge in [0.25, 0.3) is 0 Å². The minimum absolute atomic E-state index is 0.00573. The van der Waals surface area contributed by atoms with E-state index in [1.54, 1.807) is 0 Å². The third-order valence-electron chi connectivity index (χ3n) is 4.63. The Bertz CT molecular complexity index is 669. The van der Waals surface area contributed by atoms with Crippen molar-refractivity contribution in [3.63, 3.8) is 0 Å². The van der Waals surface area contributed by atoms with Crippen LogP contribution < -0.4 is 5.32 Å². The summed E-state index contributed by atoms with van der Waals surface area (Å²) in [5.41, 5.74) is 1.11. The Balaban J connectivity index is 1.64. The third kappa shape index (κ3) is 3.59. The molecule has 1 atom stereocenters. The molecule has 1 fully saturated rings. The highest BCUT2D eigenvalue weighted by molar-refractivity contribution is 5.74. The third-order valence-corrected chi connectivity index (χ3v) is 4.63. The first kappa shape index (κ1) is 16.5. The number of hydrogen-bond acceptors (Lipinski definition) is 3. The molecular formula is C18H25N5O. The van der Waals surface area contributed by atoms with E-state index in [0.29, 0.717) is 13.1 Å². The molecule has 2 aromatic rings. The summed E-state index contributed by atoms with van der Waals surface area (Å²) < 4.78 is 2.04. The number of hydrogen-bond donors (Lipinski definition) is 1. The van der Waals surface area contributed by atoms with Crippen LogP contribution in [0.25, 0.3) is 0 Å². The number of carbonyl (C=O) groups is 1. The minimum atomic E-state index is -0.00573. The molecular weight excluding hydrogens is 302 g/mol. The molecule has 24 heavy (non-hydrogen) atoms. The van der Waals surface area contributed by atoms with Gasteiger partial charge in [0.2, 0.25) is 0 Å². The summed E-state index contributed by atoms with van der Waals surface area (Å²) in [6.07, 6.45) is 3.77. The lowest BCUT2D eigenvalue weighted by atomic mass is 10.1. The average Bonchev–Trinajstić information content (AvgIpc) is 3.05. The summed E-state index contributed by atoms with van der Waals surface area (Å²) in [4.78, 5) is 21.3. The molecule has 3 rings (SSSR count). The van der Waals surface area contributed by atoms with Crippen LogP contribution in [0.3, 0.4) is 0 Å². The molecule has 1 saturated heterocycles. The number of likely N-dealkylation sites (N-methyl/N-ethyl adjacent to an activating group) is 1.